The van der Waals surface area contributed by atoms with E-state index in [1.165, 1.54) is 31.4 Å². The minimum atomic E-state index is -4.66. The summed E-state index contributed by atoms with van der Waals surface area (Å²) in [5.74, 6) is -1.42. The van der Waals surface area contributed by atoms with Gasteiger partial charge in [0, 0.05) is 13.7 Å². The molecule has 0 saturated heterocycles. The first kappa shape index (κ1) is 19.5. The Hall–Kier alpha value is -2.87. The van der Waals surface area contributed by atoms with Crippen LogP contribution in [0.2, 0.25) is 0 Å². The van der Waals surface area contributed by atoms with Gasteiger partial charge in [0.1, 0.15) is 0 Å². The molecule has 2 rings (SSSR count). The lowest BCUT2D eigenvalue weighted by Crippen LogP contribution is -2.28. The number of alkyl halides is 3. The predicted octanol–water partition coefficient (Wildman–Crippen LogP) is 3.33. The molecule has 0 heterocycles. The van der Waals surface area contributed by atoms with E-state index in [0.29, 0.717) is 6.61 Å². The van der Waals surface area contributed by atoms with Gasteiger partial charge in [-0.3, -0.25) is 9.59 Å². The van der Waals surface area contributed by atoms with Crippen molar-refractivity contribution in [3.05, 3.63) is 65.2 Å². The number of carbonyl (C=O) groups is 2. The first-order valence-corrected chi connectivity index (χ1v) is 7.68. The second-order valence-corrected chi connectivity index (χ2v) is 5.29. The standard InChI is InChI=1S/C18H17F3N2O3/c1-26-11-10-22-16(24)13-7-3-5-9-15(13)23-17(25)12-6-2-4-8-14(12)18(19,20)21/h2-9H,10-11H2,1H3,(H,22,24)(H,23,25). The predicted molar refractivity (Wildman–Crippen MR) is 90.0 cm³/mol. The van der Waals surface area contributed by atoms with Crippen molar-refractivity contribution in [2.24, 2.45) is 0 Å². The van der Waals surface area contributed by atoms with Crippen LogP contribution >= 0.6 is 0 Å². The molecule has 0 radical (unpaired) electrons. The topological polar surface area (TPSA) is 67.4 Å². The Morgan fingerprint density at radius 3 is 2.23 bits per heavy atom. The van der Waals surface area contributed by atoms with Gasteiger partial charge in [0.25, 0.3) is 11.8 Å². The second kappa shape index (κ2) is 8.48. The minimum absolute atomic E-state index is 0.115. The molecule has 0 bridgehead atoms. The molecule has 0 spiro atoms. The average Bonchev–Trinajstić information content (AvgIpc) is 2.61. The van der Waals surface area contributed by atoms with Gasteiger partial charge in [-0.15, -0.1) is 0 Å². The van der Waals surface area contributed by atoms with Gasteiger partial charge in [0.2, 0.25) is 0 Å². The van der Waals surface area contributed by atoms with Crippen LogP contribution < -0.4 is 10.6 Å². The number of carbonyl (C=O) groups excluding carboxylic acids is 2. The second-order valence-electron chi connectivity index (χ2n) is 5.29. The maximum absolute atomic E-state index is 13.1. The summed E-state index contributed by atoms with van der Waals surface area (Å²) in [7, 11) is 1.48. The van der Waals surface area contributed by atoms with Gasteiger partial charge in [0.05, 0.1) is 29.0 Å². The molecule has 0 atom stereocenters. The number of anilines is 1. The maximum Gasteiger partial charge on any atom is 0.417 e. The summed E-state index contributed by atoms with van der Waals surface area (Å²) < 4.78 is 44.1. The zero-order chi connectivity index (χ0) is 19.2. The molecule has 2 aromatic carbocycles. The van der Waals surface area contributed by atoms with Crippen molar-refractivity contribution in [2.75, 3.05) is 25.6 Å². The fourth-order valence-corrected chi connectivity index (χ4v) is 2.27. The van der Waals surface area contributed by atoms with E-state index >= 15 is 0 Å². The Balaban J connectivity index is 2.25. The lowest BCUT2D eigenvalue weighted by molar-refractivity contribution is -0.137. The molecular formula is C18H17F3N2O3. The van der Waals surface area contributed by atoms with Gasteiger partial charge in [-0.25, -0.2) is 0 Å². The zero-order valence-electron chi connectivity index (χ0n) is 13.9. The molecule has 26 heavy (non-hydrogen) atoms. The summed E-state index contributed by atoms with van der Waals surface area (Å²) in [6.07, 6.45) is -4.66. The first-order chi connectivity index (χ1) is 12.3. The number of para-hydroxylation sites is 1. The molecule has 0 aliphatic rings. The molecule has 8 heteroatoms. The smallest absolute Gasteiger partial charge is 0.383 e. The summed E-state index contributed by atoms with van der Waals surface area (Å²) in [6.45, 7) is 0.563. The van der Waals surface area contributed by atoms with E-state index < -0.39 is 29.1 Å². The number of rotatable bonds is 6. The summed E-state index contributed by atoms with van der Waals surface area (Å²) in [5.41, 5.74) is -1.31. The Morgan fingerprint density at radius 2 is 1.58 bits per heavy atom. The molecular weight excluding hydrogens is 349 g/mol. The molecule has 138 valence electrons. The molecule has 0 unspecified atom stereocenters. The number of amides is 2. The number of benzene rings is 2. The third-order valence-corrected chi connectivity index (χ3v) is 3.49. The minimum Gasteiger partial charge on any atom is -0.383 e. The molecule has 0 fully saturated rings. The number of methoxy groups -OCH3 is 1. The van der Waals surface area contributed by atoms with Crippen molar-refractivity contribution < 1.29 is 27.5 Å². The van der Waals surface area contributed by atoms with Crippen LogP contribution in [0.5, 0.6) is 0 Å². The van der Waals surface area contributed by atoms with E-state index in [9.17, 15) is 22.8 Å². The summed E-state index contributed by atoms with van der Waals surface area (Å²) in [6, 6.07) is 10.5. The Morgan fingerprint density at radius 1 is 0.962 bits per heavy atom. The lowest BCUT2D eigenvalue weighted by Gasteiger charge is -2.14. The number of nitrogens with one attached hydrogen (secondary N) is 2. The van der Waals surface area contributed by atoms with Crippen molar-refractivity contribution in [3.63, 3.8) is 0 Å². The summed E-state index contributed by atoms with van der Waals surface area (Å²) >= 11 is 0. The van der Waals surface area contributed by atoms with Crippen LogP contribution in [0.4, 0.5) is 18.9 Å². The fraction of sp³-hybridized carbons (Fsp3) is 0.222. The Bertz CT molecular complexity index is 791. The Kier molecular flexibility index (Phi) is 6.35. The van der Waals surface area contributed by atoms with E-state index in [1.807, 2.05) is 0 Å². The van der Waals surface area contributed by atoms with Crippen LogP contribution in [-0.2, 0) is 10.9 Å². The van der Waals surface area contributed by atoms with E-state index in [0.717, 1.165) is 12.1 Å². The van der Waals surface area contributed by atoms with Crippen LogP contribution in [-0.4, -0.2) is 32.1 Å². The molecule has 2 aromatic rings. The van der Waals surface area contributed by atoms with Crippen LogP contribution in [0, 0.1) is 0 Å². The van der Waals surface area contributed by atoms with Gasteiger partial charge in [0.15, 0.2) is 0 Å². The van der Waals surface area contributed by atoms with Gasteiger partial charge in [-0.2, -0.15) is 13.2 Å². The normalized spacial score (nSPS) is 11.1. The van der Waals surface area contributed by atoms with Crippen LogP contribution in [0.15, 0.2) is 48.5 Å². The highest BCUT2D eigenvalue weighted by molar-refractivity contribution is 6.09. The van der Waals surface area contributed by atoms with E-state index in [2.05, 4.69) is 10.6 Å². The van der Waals surface area contributed by atoms with Crippen LogP contribution in [0.1, 0.15) is 26.3 Å². The SMILES string of the molecule is COCCNC(=O)c1ccccc1NC(=O)c1ccccc1C(F)(F)F. The molecule has 2 amide bonds. The highest BCUT2D eigenvalue weighted by atomic mass is 19.4. The molecule has 5 nitrogen and oxygen atoms in total. The summed E-state index contributed by atoms with van der Waals surface area (Å²) in [5, 5.41) is 4.97. The first-order valence-electron chi connectivity index (χ1n) is 7.68. The maximum atomic E-state index is 13.1. The fourth-order valence-electron chi connectivity index (χ4n) is 2.27. The van der Waals surface area contributed by atoms with Gasteiger partial charge in [-0.1, -0.05) is 24.3 Å². The number of hydrogen-bond donors (Lipinski definition) is 2. The van der Waals surface area contributed by atoms with Crippen molar-refractivity contribution in [3.8, 4) is 0 Å². The number of ether oxygens (including phenoxy) is 1. The van der Waals surface area contributed by atoms with Crippen LogP contribution in [0.3, 0.4) is 0 Å². The van der Waals surface area contributed by atoms with Crippen molar-refractivity contribution >= 4 is 17.5 Å². The van der Waals surface area contributed by atoms with E-state index in [1.54, 1.807) is 12.1 Å². The molecule has 0 aromatic heterocycles. The van der Waals surface area contributed by atoms with Gasteiger partial charge >= 0.3 is 6.18 Å². The van der Waals surface area contributed by atoms with Gasteiger partial charge < -0.3 is 15.4 Å². The highest BCUT2D eigenvalue weighted by Crippen LogP contribution is 2.32. The number of hydrogen-bond acceptors (Lipinski definition) is 3. The highest BCUT2D eigenvalue weighted by Gasteiger charge is 2.35. The quantitative estimate of drug-likeness (QED) is 0.771. The van der Waals surface area contributed by atoms with Crippen molar-refractivity contribution in [1.29, 1.82) is 0 Å². The third kappa shape index (κ3) is 4.82. The van der Waals surface area contributed by atoms with E-state index in [-0.39, 0.29) is 17.8 Å². The summed E-state index contributed by atoms with van der Waals surface area (Å²) in [4.78, 5) is 24.5. The third-order valence-electron chi connectivity index (χ3n) is 3.49. The molecule has 0 aliphatic carbocycles. The van der Waals surface area contributed by atoms with Crippen LogP contribution in [0.25, 0.3) is 0 Å². The monoisotopic (exact) mass is 366 g/mol. The average molecular weight is 366 g/mol. The Labute approximate surface area is 148 Å². The van der Waals surface area contributed by atoms with Crippen molar-refractivity contribution in [1.82, 2.24) is 5.32 Å². The molecule has 0 saturated carbocycles. The molecule has 0 aliphatic heterocycles. The molecule has 2 N–H and O–H groups in total. The van der Waals surface area contributed by atoms with E-state index in [4.69, 9.17) is 4.74 Å². The van der Waals surface area contributed by atoms with Crippen molar-refractivity contribution in [2.45, 2.75) is 6.18 Å². The zero-order valence-corrected chi connectivity index (χ0v) is 13.9. The largest absolute Gasteiger partial charge is 0.417 e. The number of halogens is 3. The lowest BCUT2D eigenvalue weighted by atomic mass is 10.1. The van der Waals surface area contributed by atoms with Gasteiger partial charge in [-0.05, 0) is 24.3 Å².